The molecule has 0 atom stereocenters. The lowest BCUT2D eigenvalue weighted by Gasteiger charge is -2.08. The van der Waals surface area contributed by atoms with Crippen LogP contribution < -0.4 is 5.32 Å². The summed E-state index contributed by atoms with van der Waals surface area (Å²) in [5, 5.41) is 3.76. The highest BCUT2D eigenvalue weighted by Gasteiger charge is 2.09. The molecule has 1 N–H and O–H groups in total. The number of hydrogen-bond donors (Lipinski definition) is 1. The maximum atomic E-state index is 13.9. The van der Waals surface area contributed by atoms with Gasteiger partial charge in [-0.05, 0) is 53.0 Å². The Bertz CT molecular complexity index is 555. The molecule has 0 radical (unpaired) electrons. The van der Waals surface area contributed by atoms with Crippen molar-refractivity contribution in [3.05, 3.63) is 34.1 Å². The number of anilines is 1. The number of aryl methyl sites for hydroxylation is 1. The Kier molecular flexibility index (Phi) is 3.62. The average molecular weight is 297 g/mol. The molecule has 1 aromatic carbocycles. The normalized spacial score (nSPS) is 10.8. The molecular formula is C13H14BrFN2. The van der Waals surface area contributed by atoms with E-state index in [1.165, 1.54) is 0 Å². The monoisotopic (exact) mass is 296 g/mol. The Morgan fingerprint density at radius 3 is 2.88 bits per heavy atom. The molecule has 17 heavy (non-hydrogen) atoms. The van der Waals surface area contributed by atoms with Crippen LogP contribution in [-0.2, 0) is 0 Å². The minimum Gasteiger partial charge on any atom is -0.370 e. The van der Waals surface area contributed by atoms with Crippen molar-refractivity contribution in [1.29, 1.82) is 0 Å². The highest BCUT2D eigenvalue weighted by molar-refractivity contribution is 9.10. The highest BCUT2D eigenvalue weighted by Crippen LogP contribution is 2.27. The van der Waals surface area contributed by atoms with Gasteiger partial charge in [0, 0.05) is 11.9 Å². The smallest absolute Gasteiger partial charge is 0.146 e. The molecule has 0 saturated heterocycles. The largest absolute Gasteiger partial charge is 0.370 e. The van der Waals surface area contributed by atoms with Crippen LogP contribution in [0.5, 0.6) is 0 Å². The zero-order chi connectivity index (χ0) is 12.4. The lowest BCUT2D eigenvalue weighted by Crippen LogP contribution is -2.02. The maximum Gasteiger partial charge on any atom is 0.146 e. The van der Waals surface area contributed by atoms with Crippen molar-refractivity contribution in [3.8, 4) is 0 Å². The molecule has 1 aromatic heterocycles. The molecule has 0 spiro atoms. The second kappa shape index (κ2) is 5.00. The van der Waals surface area contributed by atoms with E-state index >= 15 is 0 Å². The van der Waals surface area contributed by atoms with Gasteiger partial charge < -0.3 is 5.32 Å². The molecule has 90 valence electrons. The zero-order valence-electron chi connectivity index (χ0n) is 9.85. The van der Waals surface area contributed by atoms with Gasteiger partial charge in [-0.3, -0.25) is 0 Å². The summed E-state index contributed by atoms with van der Waals surface area (Å²) >= 11 is 3.21. The van der Waals surface area contributed by atoms with Crippen LogP contribution in [0, 0.1) is 12.7 Å². The first-order chi connectivity index (χ1) is 8.13. The molecule has 4 heteroatoms. The lowest BCUT2D eigenvalue weighted by molar-refractivity contribution is 0.632. The number of nitrogens with zero attached hydrogens (tertiary/aromatic N) is 1. The Morgan fingerprint density at radius 1 is 1.41 bits per heavy atom. The van der Waals surface area contributed by atoms with E-state index in [4.69, 9.17) is 0 Å². The number of aromatic nitrogens is 1. The van der Waals surface area contributed by atoms with Gasteiger partial charge in [0.2, 0.25) is 0 Å². The van der Waals surface area contributed by atoms with Gasteiger partial charge in [0.05, 0.1) is 9.99 Å². The van der Waals surface area contributed by atoms with Crippen molar-refractivity contribution in [1.82, 2.24) is 4.98 Å². The lowest BCUT2D eigenvalue weighted by atomic mass is 10.1. The summed E-state index contributed by atoms with van der Waals surface area (Å²) in [4.78, 5) is 4.44. The quantitative estimate of drug-likeness (QED) is 0.915. The van der Waals surface area contributed by atoms with Gasteiger partial charge in [0.25, 0.3) is 0 Å². The van der Waals surface area contributed by atoms with E-state index in [-0.39, 0.29) is 5.82 Å². The van der Waals surface area contributed by atoms with Crippen molar-refractivity contribution >= 4 is 32.7 Å². The summed E-state index contributed by atoms with van der Waals surface area (Å²) in [6.07, 6.45) is 1.04. The van der Waals surface area contributed by atoms with Crippen LogP contribution in [0.4, 0.5) is 10.2 Å². The zero-order valence-corrected chi connectivity index (χ0v) is 11.4. The van der Waals surface area contributed by atoms with Gasteiger partial charge in [-0.2, -0.15) is 0 Å². The van der Waals surface area contributed by atoms with Crippen molar-refractivity contribution < 1.29 is 4.39 Å². The fourth-order valence-corrected chi connectivity index (χ4v) is 2.30. The number of hydrogen-bond acceptors (Lipinski definition) is 2. The third-order valence-corrected chi connectivity index (χ3v) is 3.19. The number of nitrogens with one attached hydrogen (secondary N) is 1. The molecule has 0 fully saturated rings. The van der Waals surface area contributed by atoms with Gasteiger partial charge >= 0.3 is 0 Å². The molecule has 1 heterocycles. The molecule has 0 aliphatic rings. The van der Waals surface area contributed by atoms with Gasteiger partial charge in [0.1, 0.15) is 11.6 Å². The Labute approximate surface area is 108 Å². The number of halogens is 2. The predicted octanol–water partition coefficient (Wildman–Crippen LogP) is 4.27. The molecule has 0 saturated carbocycles. The second-order valence-corrected chi connectivity index (χ2v) is 4.86. The number of pyridine rings is 1. The van der Waals surface area contributed by atoms with E-state index in [1.54, 1.807) is 12.1 Å². The summed E-state index contributed by atoms with van der Waals surface area (Å²) in [7, 11) is 0. The Balaban J connectivity index is 2.54. The minimum absolute atomic E-state index is 0.250. The van der Waals surface area contributed by atoms with Crippen molar-refractivity contribution in [2.45, 2.75) is 20.3 Å². The Morgan fingerprint density at radius 2 is 2.18 bits per heavy atom. The van der Waals surface area contributed by atoms with E-state index < -0.39 is 0 Å². The van der Waals surface area contributed by atoms with Crippen LogP contribution >= 0.6 is 15.9 Å². The van der Waals surface area contributed by atoms with Crippen LogP contribution in [0.25, 0.3) is 10.9 Å². The molecule has 2 aromatic rings. The third kappa shape index (κ3) is 2.41. The first-order valence-corrected chi connectivity index (χ1v) is 6.42. The first kappa shape index (κ1) is 12.3. The van der Waals surface area contributed by atoms with Gasteiger partial charge in [-0.1, -0.05) is 6.92 Å². The number of fused-ring (bicyclic) bond motifs is 1. The van der Waals surface area contributed by atoms with Crippen molar-refractivity contribution in [3.63, 3.8) is 0 Å². The van der Waals surface area contributed by atoms with E-state index in [1.807, 2.05) is 13.0 Å². The fourth-order valence-electron chi connectivity index (χ4n) is 1.74. The maximum absolute atomic E-state index is 13.9. The Hall–Kier alpha value is -1.16. The van der Waals surface area contributed by atoms with E-state index in [9.17, 15) is 4.39 Å². The van der Waals surface area contributed by atoms with E-state index in [0.29, 0.717) is 15.4 Å². The van der Waals surface area contributed by atoms with Crippen molar-refractivity contribution in [2.75, 3.05) is 11.9 Å². The predicted molar refractivity (Wildman–Crippen MR) is 72.9 cm³/mol. The molecule has 0 aliphatic heterocycles. The number of benzene rings is 1. The van der Waals surface area contributed by atoms with Gasteiger partial charge in [-0.25, -0.2) is 9.37 Å². The molecule has 0 amide bonds. The summed E-state index contributed by atoms with van der Waals surface area (Å²) in [5.74, 6) is 0.546. The van der Waals surface area contributed by atoms with Crippen LogP contribution in [-0.4, -0.2) is 11.5 Å². The highest BCUT2D eigenvalue weighted by atomic mass is 79.9. The van der Waals surface area contributed by atoms with Crippen LogP contribution in [0.3, 0.4) is 0 Å². The van der Waals surface area contributed by atoms with Gasteiger partial charge in [0.15, 0.2) is 0 Å². The van der Waals surface area contributed by atoms with Crippen LogP contribution in [0.15, 0.2) is 22.7 Å². The van der Waals surface area contributed by atoms with Crippen LogP contribution in [0.2, 0.25) is 0 Å². The van der Waals surface area contributed by atoms with Crippen LogP contribution in [0.1, 0.15) is 18.9 Å². The summed E-state index contributed by atoms with van der Waals surface area (Å²) < 4.78 is 14.3. The average Bonchev–Trinajstić information content (AvgIpc) is 2.33. The molecule has 0 bridgehead atoms. The molecule has 2 rings (SSSR count). The topological polar surface area (TPSA) is 24.9 Å². The van der Waals surface area contributed by atoms with E-state index in [2.05, 4.69) is 33.2 Å². The molecule has 0 unspecified atom stereocenters. The number of rotatable bonds is 3. The molecule has 2 nitrogen and oxygen atoms in total. The fraction of sp³-hybridized carbons (Fsp3) is 0.308. The minimum atomic E-state index is -0.250. The molecular weight excluding hydrogens is 283 g/mol. The summed E-state index contributed by atoms with van der Waals surface area (Å²) in [6.45, 7) is 4.90. The standard InChI is InChI=1S/C13H14BrFN2/c1-3-6-16-11-5-4-9-12(15)10(14)7-8(2)13(9)17-11/h4-5,7H,3,6H2,1-2H3,(H,16,17). The van der Waals surface area contributed by atoms with E-state index in [0.717, 1.165) is 24.3 Å². The summed E-state index contributed by atoms with van der Waals surface area (Å²) in [5.41, 5.74) is 1.68. The van der Waals surface area contributed by atoms with Gasteiger partial charge in [-0.15, -0.1) is 0 Å². The first-order valence-electron chi connectivity index (χ1n) is 5.62. The summed E-state index contributed by atoms with van der Waals surface area (Å²) in [6, 6.07) is 5.34. The third-order valence-electron chi connectivity index (χ3n) is 2.61. The second-order valence-electron chi connectivity index (χ2n) is 4.01. The van der Waals surface area contributed by atoms with Crippen molar-refractivity contribution in [2.24, 2.45) is 0 Å². The SMILES string of the molecule is CCCNc1ccc2c(F)c(Br)cc(C)c2n1. The molecule has 0 aliphatic carbocycles.